The van der Waals surface area contributed by atoms with Crippen LogP contribution < -0.4 is 5.32 Å². The third-order valence-corrected chi connectivity index (χ3v) is 4.66. The maximum absolute atomic E-state index is 6.43. The highest BCUT2D eigenvalue weighted by Crippen LogP contribution is 2.35. The standard InChI is InChI=1S/C18H37NO2/c1-15-9-8-10-18(13-15,14-19-16(2,3)4)21-12-11-17(5,6)20-7/h15,19H,8-14H2,1-7H3. The molecular formula is C18H37NO2. The van der Waals surface area contributed by atoms with Crippen LogP contribution in [0.1, 0.15) is 73.6 Å². The Morgan fingerprint density at radius 1 is 1.19 bits per heavy atom. The maximum Gasteiger partial charge on any atom is 0.0809 e. The molecule has 3 heteroatoms. The van der Waals surface area contributed by atoms with Gasteiger partial charge in [0.15, 0.2) is 0 Å². The average Bonchev–Trinajstić information content (AvgIpc) is 2.36. The fraction of sp³-hybridized carbons (Fsp3) is 1.00. The van der Waals surface area contributed by atoms with Crippen molar-refractivity contribution in [2.24, 2.45) is 5.92 Å². The van der Waals surface area contributed by atoms with E-state index in [2.05, 4.69) is 46.9 Å². The fourth-order valence-electron chi connectivity index (χ4n) is 3.00. The second-order valence-corrected chi connectivity index (χ2v) is 8.55. The molecule has 1 fully saturated rings. The van der Waals surface area contributed by atoms with Crippen LogP contribution in [0.3, 0.4) is 0 Å². The van der Waals surface area contributed by atoms with E-state index in [1.54, 1.807) is 7.11 Å². The van der Waals surface area contributed by atoms with Gasteiger partial charge in [-0.3, -0.25) is 0 Å². The molecule has 3 nitrogen and oxygen atoms in total. The highest BCUT2D eigenvalue weighted by Gasteiger charge is 2.37. The van der Waals surface area contributed by atoms with Crippen molar-refractivity contribution in [3.05, 3.63) is 0 Å². The molecule has 126 valence electrons. The largest absolute Gasteiger partial charge is 0.379 e. The van der Waals surface area contributed by atoms with E-state index in [1.165, 1.54) is 25.7 Å². The van der Waals surface area contributed by atoms with E-state index < -0.39 is 0 Å². The van der Waals surface area contributed by atoms with Gasteiger partial charge in [0.2, 0.25) is 0 Å². The molecule has 2 atom stereocenters. The molecule has 1 N–H and O–H groups in total. The summed E-state index contributed by atoms with van der Waals surface area (Å²) in [7, 11) is 1.78. The normalized spacial score (nSPS) is 27.9. The van der Waals surface area contributed by atoms with Crippen molar-refractivity contribution in [3.63, 3.8) is 0 Å². The van der Waals surface area contributed by atoms with E-state index in [-0.39, 0.29) is 16.7 Å². The molecule has 1 rings (SSSR count). The number of hydrogen-bond acceptors (Lipinski definition) is 3. The Bertz CT molecular complexity index is 309. The van der Waals surface area contributed by atoms with Crippen LogP contribution in [0.2, 0.25) is 0 Å². The quantitative estimate of drug-likeness (QED) is 0.766. The molecule has 0 amide bonds. The number of hydrogen-bond donors (Lipinski definition) is 1. The summed E-state index contributed by atoms with van der Waals surface area (Å²) in [6.07, 6.45) is 5.90. The Morgan fingerprint density at radius 3 is 2.38 bits per heavy atom. The predicted octanol–water partition coefficient (Wildman–Crippen LogP) is 4.16. The third-order valence-electron chi connectivity index (χ3n) is 4.66. The zero-order valence-electron chi connectivity index (χ0n) is 15.3. The van der Waals surface area contributed by atoms with Crippen molar-refractivity contribution in [1.82, 2.24) is 5.32 Å². The van der Waals surface area contributed by atoms with Crippen LogP contribution in [0.25, 0.3) is 0 Å². The smallest absolute Gasteiger partial charge is 0.0809 e. The van der Waals surface area contributed by atoms with Gasteiger partial charge in [-0.15, -0.1) is 0 Å². The molecule has 0 heterocycles. The van der Waals surface area contributed by atoms with Crippen molar-refractivity contribution >= 4 is 0 Å². The lowest BCUT2D eigenvalue weighted by Crippen LogP contribution is -2.51. The Morgan fingerprint density at radius 2 is 1.86 bits per heavy atom. The summed E-state index contributed by atoms with van der Waals surface area (Å²) in [4.78, 5) is 0. The van der Waals surface area contributed by atoms with Gasteiger partial charge in [0.1, 0.15) is 0 Å². The molecule has 0 aromatic carbocycles. The number of ether oxygens (including phenoxy) is 2. The van der Waals surface area contributed by atoms with E-state index in [9.17, 15) is 0 Å². The zero-order chi connectivity index (χ0) is 16.1. The number of nitrogens with one attached hydrogen (secondary N) is 1. The number of rotatable bonds is 7. The molecule has 0 aromatic heterocycles. The SMILES string of the molecule is COC(C)(C)CCOC1(CNC(C)(C)C)CCCC(C)C1. The van der Waals surface area contributed by atoms with Gasteiger partial charge in [-0.25, -0.2) is 0 Å². The van der Waals surface area contributed by atoms with Crippen molar-refractivity contribution in [2.45, 2.75) is 90.4 Å². The van der Waals surface area contributed by atoms with Gasteiger partial charge in [-0.2, -0.15) is 0 Å². The van der Waals surface area contributed by atoms with Gasteiger partial charge < -0.3 is 14.8 Å². The minimum atomic E-state index is -0.0983. The minimum Gasteiger partial charge on any atom is -0.379 e. The van der Waals surface area contributed by atoms with Gasteiger partial charge in [0, 0.05) is 19.2 Å². The Hall–Kier alpha value is -0.120. The van der Waals surface area contributed by atoms with Gasteiger partial charge in [0.25, 0.3) is 0 Å². The Kier molecular flexibility index (Phi) is 6.70. The van der Waals surface area contributed by atoms with Crippen molar-refractivity contribution in [1.29, 1.82) is 0 Å². The average molecular weight is 299 g/mol. The molecule has 2 unspecified atom stereocenters. The zero-order valence-corrected chi connectivity index (χ0v) is 15.3. The lowest BCUT2D eigenvalue weighted by Gasteiger charge is -2.42. The van der Waals surface area contributed by atoms with Crippen LogP contribution >= 0.6 is 0 Å². The maximum atomic E-state index is 6.43. The second-order valence-electron chi connectivity index (χ2n) is 8.55. The summed E-state index contributed by atoms with van der Waals surface area (Å²) in [6, 6.07) is 0. The summed E-state index contributed by atoms with van der Waals surface area (Å²) in [5.74, 6) is 0.760. The van der Waals surface area contributed by atoms with Gasteiger partial charge in [-0.1, -0.05) is 19.8 Å². The van der Waals surface area contributed by atoms with Gasteiger partial charge >= 0.3 is 0 Å². The molecule has 0 spiro atoms. The number of methoxy groups -OCH3 is 1. The molecular weight excluding hydrogens is 262 g/mol. The first kappa shape index (κ1) is 18.9. The van der Waals surface area contributed by atoms with Crippen LogP contribution in [0.5, 0.6) is 0 Å². The lowest BCUT2D eigenvalue weighted by molar-refractivity contribution is -0.101. The van der Waals surface area contributed by atoms with E-state index in [1.807, 2.05) is 0 Å². The lowest BCUT2D eigenvalue weighted by atomic mass is 9.78. The molecule has 0 aliphatic heterocycles. The monoisotopic (exact) mass is 299 g/mol. The predicted molar refractivity (Wildman–Crippen MR) is 89.8 cm³/mol. The summed E-state index contributed by atoms with van der Waals surface area (Å²) in [6.45, 7) is 15.0. The minimum absolute atomic E-state index is 0.00870. The van der Waals surface area contributed by atoms with Crippen LogP contribution in [-0.4, -0.2) is 37.0 Å². The van der Waals surface area contributed by atoms with Crippen LogP contribution in [0.15, 0.2) is 0 Å². The topological polar surface area (TPSA) is 30.5 Å². The highest BCUT2D eigenvalue weighted by molar-refractivity contribution is 4.91. The van der Waals surface area contributed by atoms with Crippen LogP contribution in [-0.2, 0) is 9.47 Å². The third kappa shape index (κ3) is 7.12. The molecule has 0 radical (unpaired) electrons. The summed E-state index contributed by atoms with van der Waals surface area (Å²) < 4.78 is 11.9. The van der Waals surface area contributed by atoms with Crippen molar-refractivity contribution in [2.75, 3.05) is 20.3 Å². The molecule has 0 saturated heterocycles. The van der Waals surface area contributed by atoms with Crippen molar-refractivity contribution in [3.8, 4) is 0 Å². The molecule has 1 aliphatic rings. The molecule has 21 heavy (non-hydrogen) atoms. The first-order valence-corrected chi connectivity index (χ1v) is 8.52. The van der Waals surface area contributed by atoms with E-state index >= 15 is 0 Å². The highest BCUT2D eigenvalue weighted by atomic mass is 16.5. The molecule has 1 aliphatic carbocycles. The Labute approximate surface area is 132 Å². The first-order valence-electron chi connectivity index (χ1n) is 8.52. The van der Waals surface area contributed by atoms with E-state index in [0.29, 0.717) is 0 Å². The molecule has 1 saturated carbocycles. The van der Waals surface area contributed by atoms with Gasteiger partial charge in [-0.05, 0) is 59.8 Å². The second kappa shape index (κ2) is 7.43. The fourth-order valence-corrected chi connectivity index (χ4v) is 3.00. The molecule has 0 bridgehead atoms. The van der Waals surface area contributed by atoms with E-state index in [4.69, 9.17) is 9.47 Å². The van der Waals surface area contributed by atoms with Crippen LogP contribution in [0.4, 0.5) is 0 Å². The van der Waals surface area contributed by atoms with Crippen LogP contribution in [0, 0.1) is 5.92 Å². The van der Waals surface area contributed by atoms with Gasteiger partial charge in [0.05, 0.1) is 17.8 Å². The van der Waals surface area contributed by atoms with Crippen molar-refractivity contribution < 1.29 is 9.47 Å². The molecule has 0 aromatic rings. The first-order chi connectivity index (χ1) is 9.58. The summed E-state index contributed by atoms with van der Waals surface area (Å²) in [5, 5.41) is 3.66. The summed E-state index contributed by atoms with van der Waals surface area (Å²) >= 11 is 0. The van der Waals surface area contributed by atoms with E-state index in [0.717, 1.165) is 25.5 Å². The summed E-state index contributed by atoms with van der Waals surface area (Å²) in [5.41, 5.74) is 0.0521. The Balaban J connectivity index is 2.60.